The number of fused-ring (bicyclic) bond motifs is 1. The van der Waals surface area contributed by atoms with Gasteiger partial charge in [0.15, 0.2) is 5.78 Å². The number of hydrogen-bond acceptors (Lipinski definition) is 2. The van der Waals surface area contributed by atoms with E-state index in [1.54, 1.807) is 4.40 Å². The largest absolute Gasteiger partial charge is 0.297 e. The van der Waals surface area contributed by atoms with Crippen molar-refractivity contribution in [3.8, 4) is 0 Å². The van der Waals surface area contributed by atoms with Gasteiger partial charge in [0.1, 0.15) is 17.2 Å². The van der Waals surface area contributed by atoms with Gasteiger partial charge in [0, 0.05) is 19.2 Å². The van der Waals surface area contributed by atoms with Gasteiger partial charge in [-0.3, -0.25) is 9.20 Å². The van der Waals surface area contributed by atoms with Crippen LogP contribution in [0.2, 0.25) is 0 Å². The normalized spacial score (nSPS) is 10.6. The van der Waals surface area contributed by atoms with E-state index >= 15 is 0 Å². The van der Waals surface area contributed by atoms with Gasteiger partial charge < -0.3 is 0 Å². The van der Waals surface area contributed by atoms with Crippen LogP contribution in [-0.2, 0) is 0 Å². The second-order valence-corrected chi connectivity index (χ2v) is 2.77. The van der Waals surface area contributed by atoms with E-state index in [2.05, 4.69) is 4.98 Å². The topological polar surface area (TPSA) is 34.4 Å². The molecule has 0 aliphatic heterocycles. The Morgan fingerprint density at radius 2 is 2.38 bits per heavy atom. The predicted octanol–water partition coefficient (Wildman–Crippen LogP) is 1.68. The summed E-state index contributed by atoms with van der Waals surface area (Å²) in [5.74, 6) is -0.438. The van der Waals surface area contributed by atoms with Crippen molar-refractivity contribution >= 4 is 11.4 Å². The quantitative estimate of drug-likeness (QED) is 0.622. The summed E-state index contributed by atoms with van der Waals surface area (Å²) in [6, 6.07) is 2.58. The third kappa shape index (κ3) is 1.20. The van der Waals surface area contributed by atoms with E-state index in [1.165, 1.54) is 31.5 Å². The molecule has 0 aromatic carbocycles. The summed E-state index contributed by atoms with van der Waals surface area (Å²) in [4.78, 5) is 15.0. The van der Waals surface area contributed by atoms with E-state index in [0.717, 1.165) is 0 Å². The first kappa shape index (κ1) is 7.91. The SMILES string of the molecule is CC(=O)c1cnc2cc(F)ccn12. The fourth-order valence-corrected chi connectivity index (χ4v) is 1.22. The summed E-state index contributed by atoms with van der Waals surface area (Å²) in [5.41, 5.74) is 0.917. The molecule has 0 aliphatic carbocycles. The van der Waals surface area contributed by atoms with Gasteiger partial charge >= 0.3 is 0 Å². The Morgan fingerprint density at radius 3 is 3.08 bits per heavy atom. The molecule has 3 nitrogen and oxygen atoms in total. The first-order chi connectivity index (χ1) is 6.18. The fourth-order valence-electron chi connectivity index (χ4n) is 1.22. The number of carbonyl (C=O) groups is 1. The van der Waals surface area contributed by atoms with Crippen LogP contribution in [0.4, 0.5) is 4.39 Å². The monoisotopic (exact) mass is 178 g/mol. The summed E-state index contributed by atoms with van der Waals surface area (Å²) >= 11 is 0. The Kier molecular flexibility index (Phi) is 1.62. The zero-order valence-corrected chi connectivity index (χ0v) is 6.99. The zero-order chi connectivity index (χ0) is 9.42. The van der Waals surface area contributed by atoms with Crippen LogP contribution in [0.5, 0.6) is 0 Å². The number of carbonyl (C=O) groups excluding carboxylic acids is 1. The van der Waals surface area contributed by atoms with Crippen molar-refractivity contribution in [1.29, 1.82) is 0 Å². The number of nitrogens with zero attached hydrogens (tertiary/aromatic N) is 2. The van der Waals surface area contributed by atoms with E-state index in [4.69, 9.17) is 0 Å². The van der Waals surface area contributed by atoms with Crippen molar-refractivity contribution in [2.24, 2.45) is 0 Å². The molecule has 0 bridgehead atoms. The molecule has 0 aliphatic rings. The summed E-state index contributed by atoms with van der Waals surface area (Å²) in [6.45, 7) is 1.45. The molecule has 0 saturated heterocycles. The van der Waals surface area contributed by atoms with Crippen molar-refractivity contribution in [3.05, 3.63) is 36.0 Å². The lowest BCUT2D eigenvalue weighted by Gasteiger charge is -1.96. The molecular weight excluding hydrogens is 171 g/mol. The van der Waals surface area contributed by atoms with Gasteiger partial charge in [-0.05, 0) is 6.07 Å². The van der Waals surface area contributed by atoms with Gasteiger partial charge in [0.2, 0.25) is 0 Å². The van der Waals surface area contributed by atoms with Crippen LogP contribution in [0.1, 0.15) is 17.4 Å². The van der Waals surface area contributed by atoms with Crippen molar-refractivity contribution < 1.29 is 9.18 Å². The smallest absolute Gasteiger partial charge is 0.178 e. The van der Waals surface area contributed by atoms with Crippen LogP contribution in [0, 0.1) is 5.82 Å². The molecule has 2 aromatic rings. The number of aromatic nitrogens is 2. The lowest BCUT2D eigenvalue weighted by molar-refractivity contribution is 0.101. The molecule has 0 amide bonds. The minimum atomic E-state index is -0.354. The highest BCUT2D eigenvalue weighted by molar-refractivity contribution is 5.93. The molecule has 0 N–H and O–H groups in total. The van der Waals surface area contributed by atoms with Gasteiger partial charge in [0.25, 0.3) is 0 Å². The van der Waals surface area contributed by atoms with Crippen LogP contribution in [0.15, 0.2) is 24.5 Å². The average molecular weight is 178 g/mol. The molecule has 66 valence electrons. The number of pyridine rings is 1. The number of halogens is 1. The van der Waals surface area contributed by atoms with Crippen molar-refractivity contribution in [2.75, 3.05) is 0 Å². The van der Waals surface area contributed by atoms with Gasteiger partial charge in [-0.25, -0.2) is 9.37 Å². The van der Waals surface area contributed by atoms with E-state index in [1.807, 2.05) is 0 Å². The molecule has 13 heavy (non-hydrogen) atoms. The van der Waals surface area contributed by atoms with E-state index in [-0.39, 0.29) is 11.6 Å². The maximum atomic E-state index is 12.7. The van der Waals surface area contributed by atoms with Crippen LogP contribution < -0.4 is 0 Å². The highest BCUT2D eigenvalue weighted by atomic mass is 19.1. The first-order valence-electron chi connectivity index (χ1n) is 3.82. The standard InChI is InChI=1S/C9H7FN2O/c1-6(13)8-5-11-9-4-7(10)2-3-12(8)9/h2-5H,1H3. The molecule has 0 fully saturated rings. The highest BCUT2D eigenvalue weighted by Gasteiger charge is 2.06. The lowest BCUT2D eigenvalue weighted by Crippen LogP contribution is -1.97. The molecule has 0 atom stereocenters. The molecule has 0 saturated carbocycles. The lowest BCUT2D eigenvalue weighted by atomic mass is 10.3. The van der Waals surface area contributed by atoms with Gasteiger partial charge in [0.05, 0.1) is 6.20 Å². The Balaban J connectivity index is 2.76. The maximum absolute atomic E-state index is 12.7. The van der Waals surface area contributed by atoms with Crippen molar-refractivity contribution in [3.63, 3.8) is 0 Å². The third-order valence-electron chi connectivity index (χ3n) is 1.84. The summed E-state index contributed by atoms with van der Waals surface area (Å²) in [6.07, 6.45) is 2.94. The molecule has 0 spiro atoms. The molecule has 2 heterocycles. The Hall–Kier alpha value is -1.71. The zero-order valence-electron chi connectivity index (χ0n) is 6.99. The Bertz CT molecular complexity index is 475. The second-order valence-electron chi connectivity index (χ2n) is 2.77. The van der Waals surface area contributed by atoms with Crippen LogP contribution >= 0.6 is 0 Å². The predicted molar refractivity (Wildman–Crippen MR) is 45.2 cm³/mol. The van der Waals surface area contributed by atoms with Gasteiger partial charge in [-0.15, -0.1) is 0 Å². The molecular formula is C9H7FN2O. The summed E-state index contributed by atoms with van der Waals surface area (Å²) in [5, 5.41) is 0. The number of imidazole rings is 1. The number of rotatable bonds is 1. The molecule has 4 heteroatoms. The average Bonchev–Trinajstić information content (AvgIpc) is 2.46. The maximum Gasteiger partial charge on any atom is 0.178 e. The minimum Gasteiger partial charge on any atom is -0.297 e. The van der Waals surface area contributed by atoms with Crippen molar-refractivity contribution in [1.82, 2.24) is 9.38 Å². The van der Waals surface area contributed by atoms with Crippen LogP contribution in [0.3, 0.4) is 0 Å². The van der Waals surface area contributed by atoms with Crippen molar-refractivity contribution in [2.45, 2.75) is 6.92 Å². The molecule has 2 aromatic heterocycles. The number of Topliss-reactive ketones (excluding diaryl/α,β-unsaturated/α-hetero) is 1. The minimum absolute atomic E-state index is 0.0842. The molecule has 2 rings (SSSR count). The van der Waals surface area contributed by atoms with Crippen LogP contribution in [0.25, 0.3) is 5.65 Å². The second kappa shape index (κ2) is 2.65. The highest BCUT2D eigenvalue weighted by Crippen LogP contribution is 2.08. The number of hydrogen-bond donors (Lipinski definition) is 0. The van der Waals surface area contributed by atoms with E-state index in [0.29, 0.717) is 11.3 Å². The van der Waals surface area contributed by atoms with Crippen LogP contribution in [-0.4, -0.2) is 15.2 Å². The Morgan fingerprint density at radius 1 is 1.62 bits per heavy atom. The summed E-state index contributed by atoms with van der Waals surface area (Å²) < 4.78 is 14.3. The van der Waals surface area contributed by atoms with E-state index < -0.39 is 0 Å². The van der Waals surface area contributed by atoms with Gasteiger partial charge in [-0.2, -0.15) is 0 Å². The fraction of sp³-hybridized carbons (Fsp3) is 0.111. The first-order valence-corrected chi connectivity index (χ1v) is 3.82. The summed E-state index contributed by atoms with van der Waals surface area (Å²) in [7, 11) is 0. The number of ketones is 1. The van der Waals surface area contributed by atoms with Gasteiger partial charge in [-0.1, -0.05) is 0 Å². The van der Waals surface area contributed by atoms with E-state index in [9.17, 15) is 9.18 Å². The molecule has 0 unspecified atom stereocenters. The Labute approximate surface area is 73.8 Å². The molecule has 0 radical (unpaired) electrons. The third-order valence-corrected chi connectivity index (χ3v) is 1.84.